The van der Waals surface area contributed by atoms with Crippen molar-refractivity contribution in [2.45, 2.75) is 0 Å². The number of fused-ring (bicyclic) bond motifs is 15. The predicted octanol–water partition coefficient (Wildman–Crippen LogP) is -1.01. The molecule has 0 saturated carbocycles. The summed E-state index contributed by atoms with van der Waals surface area (Å²) in [7, 11) is -10.8. The van der Waals surface area contributed by atoms with E-state index in [2.05, 4.69) is 0 Å². The molecule has 3 fully saturated rings. The quantitative estimate of drug-likeness (QED) is 0.293. The second-order valence-corrected chi connectivity index (χ2v) is 8.66. The molecule has 0 unspecified atom stereocenters. The molecule has 0 aromatic carbocycles. The Morgan fingerprint density at radius 2 is 0.593 bits per heavy atom. The number of ether oxygens (including phenoxy) is 4. The first-order valence-electron chi connectivity index (χ1n) is 9.06. The predicted molar refractivity (Wildman–Crippen MR) is 86.8 cm³/mol. The van der Waals surface area contributed by atoms with Crippen LogP contribution >= 0.6 is 0 Å². The van der Waals surface area contributed by atoms with E-state index in [1.807, 2.05) is 0 Å². The fraction of sp³-hybridized carbons (Fsp3) is 1.00. The van der Waals surface area contributed by atoms with Crippen LogP contribution in [0.3, 0.4) is 0 Å². The van der Waals surface area contributed by atoms with Crippen LogP contribution in [0.15, 0.2) is 0 Å². The van der Waals surface area contributed by atoms with Gasteiger partial charge in [-0.15, -0.1) is 0 Å². The van der Waals surface area contributed by atoms with E-state index in [9.17, 15) is 24.6 Å². The molecule has 0 spiro atoms. The van der Waals surface area contributed by atoms with Gasteiger partial charge in [-0.1, -0.05) is 0 Å². The van der Waals surface area contributed by atoms with Gasteiger partial charge in [0.05, 0.1) is 52.9 Å². The fourth-order valence-corrected chi connectivity index (χ4v) is 2.58. The van der Waals surface area contributed by atoms with E-state index in [1.54, 1.807) is 0 Å². The van der Waals surface area contributed by atoms with Gasteiger partial charge in [-0.05, 0) is 0 Å². The molecule has 2 N–H and O–H groups in total. The van der Waals surface area contributed by atoms with Gasteiger partial charge in [0.2, 0.25) is 0 Å². The summed E-state index contributed by atoms with van der Waals surface area (Å²) in [6, 6.07) is 0. The molecule has 3 aliphatic rings. The number of quaternary nitrogens is 2. The van der Waals surface area contributed by atoms with Crippen molar-refractivity contribution in [3.05, 3.63) is 0 Å². The molecule has 0 aliphatic carbocycles. The topological polar surface area (TPSA) is 45.8 Å². The molecule has 0 atom stereocenters. The molecule has 2 bridgehead atoms. The van der Waals surface area contributed by atoms with Crippen LogP contribution in [0.4, 0.5) is 24.6 Å². The average Bonchev–Trinajstić information content (AvgIpc) is 2.51. The number of hydrogen-bond donors (Lipinski definition) is 2. The summed E-state index contributed by atoms with van der Waals surface area (Å²) in [5.74, 6) is 0. The Morgan fingerprint density at radius 1 is 0.407 bits per heavy atom. The summed E-state index contributed by atoms with van der Waals surface area (Å²) in [5, 5.41) is 0. The summed E-state index contributed by atoms with van der Waals surface area (Å²) >= 11 is 0. The second-order valence-electron chi connectivity index (χ2n) is 6.52. The van der Waals surface area contributed by atoms with Crippen LogP contribution in [0, 0.1) is 0 Å². The third-order valence-electron chi connectivity index (χ3n) is 3.97. The van der Waals surface area contributed by atoms with Crippen LogP contribution in [-0.4, -0.2) is 101 Å². The number of rotatable bonds is 0. The maximum atomic E-state index is 9.88. The van der Waals surface area contributed by atoms with Crippen LogP contribution in [0.1, 0.15) is 0 Å². The first-order valence-corrected chi connectivity index (χ1v) is 11.3. The van der Waals surface area contributed by atoms with Gasteiger partial charge in [0.25, 0.3) is 0 Å². The molecule has 27 heavy (non-hydrogen) atoms. The number of halogens is 6. The average molecular weight is 432 g/mol. The van der Waals surface area contributed by atoms with Gasteiger partial charge in [-0.3, -0.25) is 0 Å². The van der Waals surface area contributed by atoms with Crippen molar-refractivity contribution in [2.24, 2.45) is 0 Å². The summed E-state index contributed by atoms with van der Waals surface area (Å²) in [6.07, 6.45) is 0. The molecular formula is C14H30F6N2O4Si. The zero-order valence-corrected chi connectivity index (χ0v) is 16.3. The van der Waals surface area contributed by atoms with Gasteiger partial charge in [-0.25, -0.2) is 0 Å². The van der Waals surface area contributed by atoms with Crippen molar-refractivity contribution in [1.82, 2.24) is 0 Å². The molecule has 166 valence electrons. The molecule has 3 rings (SSSR count). The van der Waals surface area contributed by atoms with Gasteiger partial charge < -0.3 is 28.7 Å². The second kappa shape index (κ2) is 10.4. The molecule has 0 amide bonds. The standard InChI is InChI=1S/C14H28N2O4.F6Si/c1-7-17-9-3-16-4-10-18-8-2-15(1)5-11-19-13-14-20-12-6-16;1-7(2,3,4,5)6/h1-14H2;/q;-2/p+2. The minimum atomic E-state index is -10.8. The van der Waals surface area contributed by atoms with E-state index >= 15 is 0 Å². The fourth-order valence-electron chi connectivity index (χ4n) is 2.58. The van der Waals surface area contributed by atoms with E-state index in [1.165, 1.54) is 9.80 Å². The molecule has 6 nitrogen and oxygen atoms in total. The van der Waals surface area contributed by atoms with Crippen molar-refractivity contribution in [2.75, 3.05) is 92.1 Å². The summed E-state index contributed by atoms with van der Waals surface area (Å²) in [6.45, 7) is 12.5. The van der Waals surface area contributed by atoms with Crippen molar-refractivity contribution < 1.29 is 53.4 Å². The summed E-state index contributed by atoms with van der Waals surface area (Å²) in [4.78, 5) is 3.01. The zero-order chi connectivity index (χ0) is 20.3. The number of nitrogens with one attached hydrogen (secondary N) is 2. The summed E-state index contributed by atoms with van der Waals surface area (Å²) < 4.78 is 82.1. The van der Waals surface area contributed by atoms with Crippen LogP contribution < -0.4 is 9.80 Å². The minimum absolute atomic E-state index is 0.704. The molecule has 0 radical (unpaired) electrons. The van der Waals surface area contributed by atoms with Gasteiger partial charge >= 0.3 is 33.3 Å². The Hall–Kier alpha value is -0.443. The van der Waals surface area contributed by atoms with E-state index in [0.29, 0.717) is 13.2 Å². The molecule has 3 heterocycles. The molecule has 3 aliphatic heterocycles. The summed E-state index contributed by atoms with van der Waals surface area (Å²) in [5.41, 5.74) is 0. The SMILES string of the molecule is C1COCC[NH+]2CCOCC[NH+](CCO1)CCOCC2.F[Si-2](F)(F)(F)(F)F. The molecule has 0 aromatic rings. The Bertz CT molecular complexity index is 362. The molecule has 13 heteroatoms. The van der Waals surface area contributed by atoms with Crippen LogP contribution in [-0.2, 0) is 18.9 Å². The Balaban J connectivity index is 0.000000445. The Labute approximate surface area is 155 Å². The third-order valence-corrected chi connectivity index (χ3v) is 3.97. The van der Waals surface area contributed by atoms with Gasteiger partial charge in [-0.2, -0.15) is 0 Å². The Morgan fingerprint density at radius 3 is 0.815 bits per heavy atom. The van der Waals surface area contributed by atoms with E-state index < -0.39 is 8.63 Å². The monoisotopic (exact) mass is 432 g/mol. The third kappa shape index (κ3) is 20.1. The van der Waals surface area contributed by atoms with Crippen molar-refractivity contribution in [3.63, 3.8) is 0 Å². The van der Waals surface area contributed by atoms with E-state index in [4.69, 9.17) is 18.9 Å². The van der Waals surface area contributed by atoms with Gasteiger partial charge in [0, 0.05) is 0 Å². The molecular weight excluding hydrogens is 402 g/mol. The van der Waals surface area contributed by atoms with Crippen molar-refractivity contribution in [3.8, 4) is 0 Å². The van der Waals surface area contributed by atoms with Gasteiger partial charge in [0.15, 0.2) is 0 Å². The van der Waals surface area contributed by atoms with E-state index in [-0.39, 0.29) is 0 Å². The van der Waals surface area contributed by atoms with Gasteiger partial charge in [0.1, 0.15) is 39.3 Å². The normalized spacial score (nSPS) is 30.0. The van der Waals surface area contributed by atoms with Crippen LogP contribution in [0.2, 0.25) is 0 Å². The van der Waals surface area contributed by atoms with Crippen LogP contribution in [0.5, 0.6) is 0 Å². The maximum absolute atomic E-state index is 10.8. The molecule has 3 saturated heterocycles. The zero-order valence-electron chi connectivity index (χ0n) is 15.3. The molecule has 0 aromatic heterocycles. The van der Waals surface area contributed by atoms with Crippen molar-refractivity contribution >= 4 is 8.63 Å². The number of hydrogen-bond acceptors (Lipinski definition) is 4. The first-order chi connectivity index (χ1) is 12.4. The van der Waals surface area contributed by atoms with Crippen molar-refractivity contribution in [1.29, 1.82) is 0 Å². The van der Waals surface area contributed by atoms with Crippen LogP contribution in [0.25, 0.3) is 0 Å². The van der Waals surface area contributed by atoms with E-state index in [0.717, 1.165) is 78.9 Å². The Kier molecular flexibility index (Phi) is 9.44. The first kappa shape index (κ1) is 24.6.